The molecule has 0 amide bonds. The molecular formula is C22H26N4O2S. The van der Waals surface area contributed by atoms with Crippen molar-refractivity contribution < 1.29 is 9.47 Å². The molecule has 0 saturated carbocycles. The molecule has 2 aromatic carbocycles. The van der Waals surface area contributed by atoms with E-state index in [2.05, 4.69) is 71.0 Å². The molecule has 1 aliphatic heterocycles. The Balaban J connectivity index is 1.59. The Morgan fingerprint density at radius 2 is 1.83 bits per heavy atom. The number of nitrogens with zero attached hydrogens (tertiary/aromatic N) is 4. The minimum absolute atomic E-state index is 0.228. The summed E-state index contributed by atoms with van der Waals surface area (Å²) in [6.45, 7) is 3.24. The average molecular weight is 411 g/mol. The molecule has 6 nitrogen and oxygen atoms in total. The zero-order valence-corrected chi connectivity index (χ0v) is 17.9. The Morgan fingerprint density at radius 1 is 1.03 bits per heavy atom. The van der Waals surface area contributed by atoms with Gasteiger partial charge in [-0.05, 0) is 43.8 Å². The number of thioether (sulfide) groups is 1. The van der Waals surface area contributed by atoms with E-state index >= 15 is 0 Å². The summed E-state index contributed by atoms with van der Waals surface area (Å²) in [5.74, 6) is 3.43. The summed E-state index contributed by atoms with van der Waals surface area (Å²) >= 11 is 1.70. The SMILES string of the molecule is CC[C@H](c1nnc(SCc2ccc3c(c2)OCO3)n1Cc1ccccc1)N(C)C. The van der Waals surface area contributed by atoms with Gasteiger partial charge < -0.3 is 14.0 Å². The molecule has 0 N–H and O–H groups in total. The highest BCUT2D eigenvalue weighted by molar-refractivity contribution is 7.98. The van der Waals surface area contributed by atoms with Gasteiger partial charge in [-0.1, -0.05) is 55.1 Å². The van der Waals surface area contributed by atoms with Crippen LogP contribution in [0.15, 0.2) is 53.7 Å². The monoisotopic (exact) mass is 410 g/mol. The molecule has 0 fully saturated rings. The normalized spacial score (nSPS) is 13.8. The van der Waals surface area contributed by atoms with E-state index in [1.54, 1.807) is 11.8 Å². The van der Waals surface area contributed by atoms with E-state index in [1.807, 2.05) is 18.2 Å². The Hall–Kier alpha value is -2.51. The Kier molecular flexibility index (Phi) is 6.06. The lowest BCUT2D eigenvalue weighted by atomic mass is 10.2. The molecule has 0 unspecified atom stereocenters. The van der Waals surface area contributed by atoms with E-state index in [0.29, 0.717) is 6.79 Å². The van der Waals surface area contributed by atoms with Gasteiger partial charge in [0.25, 0.3) is 0 Å². The molecule has 1 aliphatic rings. The maximum atomic E-state index is 5.50. The van der Waals surface area contributed by atoms with Crippen LogP contribution in [0.1, 0.15) is 36.3 Å². The van der Waals surface area contributed by atoms with Crippen LogP contribution in [0.5, 0.6) is 11.5 Å². The highest BCUT2D eigenvalue weighted by Crippen LogP contribution is 2.34. The van der Waals surface area contributed by atoms with Crippen molar-refractivity contribution in [3.05, 3.63) is 65.5 Å². The van der Waals surface area contributed by atoms with Gasteiger partial charge in [-0.15, -0.1) is 10.2 Å². The molecular weight excluding hydrogens is 384 g/mol. The fourth-order valence-electron chi connectivity index (χ4n) is 3.53. The minimum atomic E-state index is 0.228. The number of aromatic nitrogens is 3. The van der Waals surface area contributed by atoms with Crippen LogP contribution >= 0.6 is 11.8 Å². The summed E-state index contributed by atoms with van der Waals surface area (Å²) in [5, 5.41) is 10.1. The van der Waals surface area contributed by atoms with Crippen LogP contribution in [-0.2, 0) is 12.3 Å². The lowest BCUT2D eigenvalue weighted by Crippen LogP contribution is -2.23. The third-order valence-electron chi connectivity index (χ3n) is 5.04. The first-order valence-corrected chi connectivity index (χ1v) is 10.8. The standard InChI is InChI=1S/C22H26N4O2S/c1-4-18(25(2)3)21-23-24-22(26(21)13-16-8-6-5-7-9-16)29-14-17-10-11-19-20(12-17)28-15-27-19/h5-12,18H,4,13-15H2,1-3H3/t18-/m1/s1. The fourth-order valence-corrected chi connectivity index (χ4v) is 4.41. The Bertz CT molecular complexity index is 959. The highest BCUT2D eigenvalue weighted by atomic mass is 32.2. The zero-order valence-electron chi connectivity index (χ0n) is 17.0. The number of rotatable bonds is 8. The lowest BCUT2D eigenvalue weighted by molar-refractivity contribution is 0.174. The third-order valence-corrected chi connectivity index (χ3v) is 6.08. The second kappa shape index (κ2) is 8.88. The third kappa shape index (κ3) is 4.41. The number of benzene rings is 2. The molecule has 3 aromatic rings. The molecule has 0 saturated heterocycles. The largest absolute Gasteiger partial charge is 0.454 e. The second-order valence-electron chi connectivity index (χ2n) is 7.28. The van der Waals surface area contributed by atoms with Crippen LogP contribution in [0.2, 0.25) is 0 Å². The van der Waals surface area contributed by atoms with Crippen LogP contribution < -0.4 is 9.47 Å². The van der Waals surface area contributed by atoms with Crippen molar-refractivity contribution in [1.29, 1.82) is 0 Å². The molecule has 0 radical (unpaired) electrons. The highest BCUT2D eigenvalue weighted by Gasteiger charge is 2.22. The van der Waals surface area contributed by atoms with Crippen LogP contribution in [0, 0.1) is 0 Å². The molecule has 0 spiro atoms. The van der Waals surface area contributed by atoms with Crippen LogP contribution in [0.3, 0.4) is 0 Å². The summed E-state index contributed by atoms with van der Waals surface area (Å²) in [7, 11) is 4.18. The Morgan fingerprint density at radius 3 is 2.59 bits per heavy atom. The lowest BCUT2D eigenvalue weighted by Gasteiger charge is -2.23. The van der Waals surface area contributed by atoms with Crippen molar-refractivity contribution in [2.75, 3.05) is 20.9 Å². The molecule has 29 heavy (non-hydrogen) atoms. The summed E-state index contributed by atoms with van der Waals surface area (Å²) < 4.78 is 13.2. The first kappa shape index (κ1) is 19.8. The van der Waals surface area contributed by atoms with Gasteiger partial charge in [0.05, 0.1) is 12.6 Å². The van der Waals surface area contributed by atoms with Gasteiger partial charge in [-0.3, -0.25) is 4.90 Å². The molecule has 7 heteroatoms. The van der Waals surface area contributed by atoms with Crippen LogP contribution in [0.4, 0.5) is 0 Å². The molecule has 1 aromatic heterocycles. The van der Waals surface area contributed by atoms with Gasteiger partial charge in [0, 0.05) is 5.75 Å². The molecule has 0 bridgehead atoms. The van der Waals surface area contributed by atoms with E-state index < -0.39 is 0 Å². The van der Waals surface area contributed by atoms with Crippen molar-refractivity contribution >= 4 is 11.8 Å². The smallest absolute Gasteiger partial charge is 0.231 e. The van der Waals surface area contributed by atoms with Gasteiger partial charge in [-0.25, -0.2) is 0 Å². The number of ether oxygens (including phenoxy) is 2. The van der Waals surface area contributed by atoms with E-state index in [0.717, 1.165) is 41.2 Å². The predicted octanol–water partition coefficient (Wildman–Crippen LogP) is 4.36. The second-order valence-corrected chi connectivity index (χ2v) is 8.22. The molecule has 0 aliphatic carbocycles. The maximum absolute atomic E-state index is 5.50. The van der Waals surface area contributed by atoms with Gasteiger partial charge >= 0.3 is 0 Å². The zero-order chi connectivity index (χ0) is 20.2. The van der Waals surface area contributed by atoms with E-state index in [-0.39, 0.29) is 6.04 Å². The van der Waals surface area contributed by atoms with Crippen molar-refractivity contribution in [3.63, 3.8) is 0 Å². The van der Waals surface area contributed by atoms with Gasteiger partial charge in [0.1, 0.15) is 0 Å². The van der Waals surface area contributed by atoms with E-state index in [9.17, 15) is 0 Å². The Labute approximate surface area is 175 Å². The quantitative estimate of drug-likeness (QED) is 0.514. The topological polar surface area (TPSA) is 52.4 Å². The maximum Gasteiger partial charge on any atom is 0.231 e. The van der Waals surface area contributed by atoms with Crippen molar-refractivity contribution in [2.24, 2.45) is 0 Å². The minimum Gasteiger partial charge on any atom is -0.454 e. The van der Waals surface area contributed by atoms with Crippen molar-refractivity contribution in [1.82, 2.24) is 19.7 Å². The van der Waals surface area contributed by atoms with E-state index in [1.165, 1.54) is 11.1 Å². The first-order valence-electron chi connectivity index (χ1n) is 9.80. The number of hydrogen-bond acceptors (Lipinski definition) is 6. The molecule has 152 valence electrons. The van der Waals surface area contributed by atoms with Gasteiger partial charge in [0.15, 0.2) is 22.5 Å². The summed E-state index contributed by atoms with van der Waals surface area (Å²) in [5.41, 5.74) is 2.42. The summed E-state index contributed by atoms with van der Waals surface area (Å²) in [4.78, 5) is 2.21. The molecule has 1 atom stereocenters. The fraction of sp³-hybridized carbons (Fsp3) is 0.364. The van der Waals surface area contributed by atoms with Crippen molar-refractivity contribution in [2.45, 2.75) is 36.8 Å². The molecule has 4 rings (SSSR count). The predicted molar refractivity (Wildman–Crippen MR) is 114 cm³/mol. The summed E-state index contributed by atoms with van der Waals surface area (Å²) in [6.07, 6.45) is 0.979. The number of hydrogen-bond donors (Lipinski definition) is 0. The average Bonchev–Trinajstić information content (AvgIpc) is 3.35. The van der Waals surface area contributed by atoms with Crippen molar-refractivity contribution in [3.8, 4) is 11.5 Å². The summed E-state index contributed by atoms with van der Waals surface area (Å²) in [6, 6.07) is 16.8. The van der Waals surface area contributed by atoms with Crippen LogP contribution in [-0.4, -0.2) is 40.6 Å². The van der Waals surface area contributed by atoms with Crippen LogP contribution in [0.25, 0.3) is 0 Å². The van der Waals surface area contributed by atoms with E-state index in [4.69, 9.17) is 9.47 Å². The van der Waals surface area contributed by atoms with Gasteiger partial charge in [0.2, 0.25) is 6.79 Å². The molecule has 2 heterocycles. The first-order chi connectivity index (χ1) is 14.2. The number of fused-ring (bicyclic) bond motifs is 1. The van der Waals surface area contributed by atoms with Gasteiger partial charge in [-0.2, -0.15) is 0 Å².